The Morgan fingerprint density at radius 2 is 2.30 bits per heavy atom. The molecule has 1 saturated carbocycles. The Morgan fingerprint density at radius 1 is 1.40 bits per heavy atom. The molecule has 2 aromatic heterocycles. The summed E-state index contributed by atoms with van der Waals surface area (Å²) in [4.78, 5) is 22.8. The first-order valence-electron chi connectivity index (χ1n) is 6.85. The summed E-state index contributed by atoms with van der Waals surface area (Å²) in [5, 5.41) is 5.86. The van der Waals surface area contributed by atoms with E-state index < -0.39 is 0 Å². The van der Waals surface area contributed by atoms with Crippen molar-refractivity contribution in [3.8, 4) is 0 Å². The number of carbonyl (C=O) groups excluding carboxylic acids is 1. The first-order chi connectivity index (χ1) is 9.83. The largest absolute Gasteiger partial charge is 0.339 e. The van der Waals surface area contributed by atoms with Gasteiger partial charge in [-0.05, 0) is 25.7 Å². The summed E-state index contributed by atoms with van der Waals surface area (Å²) in [6.45, 7) is 0.730. The first kappa shape index (κ1) is 12.0. The number of likely N-dealkylation sites (tertiary alicyclic amines) is 1. The average Bonchev–Trinajstić information content (AvgIpc) is 2.97. The summed E-state index contributed by atoms with van der Waals surface area (Å²) in [7, 11) is 0. The number of amides is 1. The molecule has 1 amide bonds. The summed E-state index contributed by atoms with van der Waals surface area (Å²) in [5.74, 6) is 1.79. The SMILES string of the molecule is O=C(c1cscn1)N1CCC[C@H]1c1noc(C2CC2)n1. The van der Waals surface area contributed by atoms with Crippen LogP contribution in [0, 0.1) is 0 Å². The van der Waals surface area contributed by atoms with Gasteiger partial charge in [0.2, 0.25) is 5.89 Å². The van der Waals surface area contributed by atoms with Gasteiger partial charge in [-0.25, -0.2) is 4.98 Å². The molecular weight excluding hydrogens is 276 g/mol. The normalized spacial score (nSPS) is 22.4. The van der Waals surface area contributed by atoms with Crippen LogP contribution in [0.5, 0.6) is 0 Å². The monoisotopic (exact) mass is 290 g/mol. The Balaban J connectivity index is 1.58. The molecule has 1 aliphatic carbocycles. The maximum Gasteiger partial charge on any atom is 0.273 e. The Morgan fingerprint density at radius 3 is 3.05 bits per heavy atom. The topological polar surface area (TPSA) is 72.1 Å². The van der Waals surface area contributed by atoms with Crippen LogP contribution in [0.3, 0.4) is 0 Å². The van der Waals surface area contributed by atoms with Crippen LogP contribution in [0.1, 0.15) is 59.8 Å². The van der Waals surface area contributed by atoms with Gasteiger partial charge in [-0.2, -0.15) is 4.98 Å². The highest BCUT2D eigenvalue weighted by molar-refractivity contribution is 7.07. The minimum absolute atomic E-state index is 0.0356. The molecule has 0 spiro atoms. The predicted molar refractivity (Wildman–Crippen MR) is 71.4 cm³/mol. The second kappa shape index (κ2) is 4.66. The average molecular weight is 290 g/mol. The van der Waals surface area contributed by atoms with Gasteiger partial charge in [-0.15, -0.1) is 11.3 Å². The molecule has 1 saturated heterocycles. The third-order valence-corrected chi connectivity index (χ3v) is 4.43. The van der Waals surface area contributed by atoms with Crippen LogP contribution < -0.4 is 0 Å². The number of thiazole rings is 1. The van der Waals surface area contributed by atoms with Crippen molar-refractivity contribution in [2.75, 3.05) is 6.54 Å². The lowest BCUT2D eigenvalue weighted by molar-refractivity contribution is 0.0723. The molecule has 0 radical (unpaired) electrons. The summed E-state index contributed by atoms with van der Waals surface area (Å²) in [6, 6.07) is -0.0690. The van der Waals surface area contributed by atoms with Crippen LogP contribution in [0.2, 0.25) is 0 Å². The van der Waals surface area contributed by atoms with E-state index in [0.717, 1.165) is 38.1 Å². The molecule has 104 valence electrons. The zero-order valence-corrected chi connectivity index (χ0v) is 11.7. The van der Waals surface area contributed by atoms with Crippen LogP contribution in [0.15, 0.2) is 15.4 Å². The molecule has 3 heterocycles. The highest BCUT2D eigenvalue weighted by Crippen LogP contribution is 2.40. The van der Waals surface area contributed by atoms with Crippen molar-refractivity contribution in [3.63, 3.8) is 0 Å². The fraction of sp³-hybridized carbons (Fsp3) is 0.538. The molecule has 2 fully saturated rings. The molecule has 2 aliphatic rings. The molecule has 0 N–H and O–H groups in total. The zero-order chi connectivity index (χ0) is 13.5. The summed E-state index contributed by atoms with van der Waals surface area (Å²) >= 11 is 1.43. The van der Waals surface area contributed by atoms with Crippen LogP contribution >= 0.6 is 11.3 Å². The van der Waals surface area contributed by atoms with E-state index in [-0.39, 0.29) is 11.9 Å². The number of hydrogen-bond acceptors (Lipinski definition) is 6. The maximum atomic E-state index is 12.4. The van der Waals surface area contributed by atoms with E-state index in [0.29, 0.717) is 17.4 Å². The van der Waals surface area contributed by atoms with Crippen molar-refractivity contribution in [1.29, 1.82) is 0 Å². The number of hydrogen-bond donors (Lipinski definition) is 0. The van der Waals surface area contributed by atoms with E-state index >= 15 is 0 Å². The number of nitrogens with zero attached hydrogens (tertiary/aromatic N) is 4. The Kier molecular flexibility index (Phi) is 2.80. The number of aromatic nitrogens is 3. The highest BCUT2D eigenvalue weighted by atomic mass is 32.1. The lowest BCUT2D eigenvalue weighted by atomic mass is 10.2. The molecule has 2 aromatic rings. The van der Waals surface area contributed by atoms with Crippen molar-refractivity contribution < 1.29 is 9.32 Å². The zero-order valence-electron chi connectivity index (χ0n) is 10.9. The minimum Gasteiger partial charge on any atom is -0.339 e. The molecule has 20 heavy (non-hydrogen) atoms. The van der Waals surface area contributed by atoms with Gasteiger partial charge in [0.1, 0.15) is 5.69 Å². The fourth-order valence-electron chi connectivity index (χ4n) is 2.62. The van der Waals surface area contributed by atoms with Crippen LogP contribution in [-0.4, -0.2) is 32.5 Å². The second-order valence-electron chi connectivity index (χ2n) is 5.30. The first-order valence-corrected chi connectivity index (χ1v) is 7.80. The lowest BCUT2D eigenvalue weighted by Crippen LogP contribution is -2.31. The molecule has 4 rings (SSSR count). The van der Waals surface area contributed by atoms with Gasteiger partial charge in [0.05, 0.1) is 11.6 Å². The van der Waals surface area contributed by atoms with Gasteiger partial charge in [0.25, 0.3) is 5.91 Å². The van der Waals surface area contributed by atoms with Crippen molar-refractivity contribution in [2.24, 2.45) is 0 Å². The van der Waals surface area contributed by atoms with Crippen molar-refractivity contribution in [3.05, 3.63) is 28.3 Å². The molecule has 0 bridgehead atoms. The van der Waals surface area contributed by atoms with Crippen LogP contribution in [0.25, 0.3) is 0 Å². The van der Waals surface area contributed by atoms with Crippen LogP contribution in [-0.2, 0) is 0 Å². The molecule has 6 nitrogen and oxygen atoms in total. The van der Waals surface area contributed by atoms with E-state index in [2.05, 4.69) is 15.1 Å². The van der Waals surface area contributed by atoms with E-state index in [1.54, 1.807) is 10.9 Å². The summed E-state index contributed by atoms with van der Waals surface area (Å²) in [5.41, 5.74) is 2.19. The Labute approximate surface area is 119 Å². The van der Waals surface area contributed by atoms with Gasteiger partial charge < -0.3 is 9.42 Å². The second-order valence-corrected chi connectivity index (χ2v) is 6.01. The lowest BCUT2D eigenvalue weighted by Gasteiger charge is -2.21. The van der Waals surface area contributed by atoms with Gasteiger partial charge >= 0.3 is 0 Å². The van der Waals surface area contributed by atoms with Gasteiger partial charge in [0, 0.05) is 17.8 Å². The van der Waals surface area contributed by atoms with E-state index in [4.69, 9.17) is 4.52 Å². The number of carbonyl (C=O) groups is 1. The third kappa shape index (κ3) is 2.02. The van der Waals surface area contributed by atoms with E-state index in [1.807, 2.05) is 4.90 Å². The van der Waals surface area contributed by atoms with Crippen molar-refractivity contribution in [2.45, 2.75) is 37.6 Å². The summed E-state index contributed by atoms with van der Waals surface area (Å²) in [6.07, 6.45) is 4.12. The smallest absolute Gasteiger partial charge is 0.273 e. The quantitative estimate of drug-likeness (QED) is 0.867. The Hall–Kier alpha value is -1.76. The molecule has 0 unspecified atom stereocenters. The van der Waals surface area contributed by atoms with Crippen LogP contribution in [0.4, 0.5) is 0 Å². The maximum absolute atomic E-state index is 12.4. The van der Waals surface area contributed by atoms with E-state index in [9.17, 15) is 4.79 Å². The molecular formula is C13H14N4O2S. The van der Waals surface area contributed by atoms with E-state index in [1.165, 1.54) is 11.3 Å². The van der Waals surface area contributed by atoms with Crippen molar-refractivity contribution in [1.82, 2.24) is 20.0 Å². The third-order valence-electron chi connectivity index (χ3n) is 3.85. The van der Waals surface area contributed by atoms with Gasteiger partial charge in [0.15, 0.2) is 5.82 Å². The number of rotatable bonds is 3. The van der Waals surface area contributed by atoms with Gasteiger partial charge in [-0.1, -0.05) is 5.16 Å². The van der Waals surface area contributed by atoms with Crippen molar-refractivity contribution >= 4 is 17.2 Å². The molecule has 1 atom stereocenters. The molecule has 7 heteroatoms. The molecule has 0 aromatic carbocycles. The predicted octanol–water partition coefficient (Wildman–Crippen LogP) is 2.38. The fourth-order valence-corrected chi connectivity index (χ4v) is 3.15. The standard InChI is InChI=1S/C13H14N4O2S/c18-13(9-6-20-7-14-9)17-5-1-2-10(17)11-15-12(19-16-11)8-3-4-8/h6-8,10H,1-5H2/t10-/m0/s1. The summed E-state index contributed by atoms with van der Waals surface area (Å²) < 4.78 is 5.31. The Bertz CT molecular complexity index is 620. The highest BCUT2D eigenvalue weighted by Gasteiger charge is 2.36. The molecule has 1 aliphatic heterocycles. The van der Waals surface area contributed by atoms with Gasteiger partial charge in [-0.3, -0.25) is 4.79 Å². The minimum atomic E-state index is -0.0690.